The fourth-order valence-corrected chi connectivity index (χ4v) is 0.911. The maximum Gasteiger partial charge on any atom is 0.252 e. The van der Waals surface area contributed by atoms with Gasteiger partial charge in [-0.3, -0.25) is 10.1 Å². The fraction of sp³-hybridized carbons (Fsp3) is 0.462. The zero-order valence-corrected chi connectivity index (χ0v) is 11.1. The molecule has 4 heteroatoms. The number of hydrogen-bond acceptors (Lipinski definition) is 2. The van der Waals surface area contributed by atoms with Crippen LogP contribution in [0.25, 0.3) is 4.85 Å². The van der Waals surface area contributed by atoms with Crippen LogP contribution in [0.2, 0.25) is 0 Å². The van der Waals surface area contributed by atoms with Crippen LogP contribution in [0, 0.1) is 16.7 Å². The molecule has 1 aromatic carbocycles. The van der Waals surface area contributed by atoms with Crippen LogP contribution in [0.1, 0.15) is 33.3 Å². The van der Waals surface area contributed by atoms with Crippen LogP contribution in [0.4, 0.5) is 0 Å². The molecule has 1 aromatic rings. The second-order valence-electron chi connectivity index (χ2n) is 3.48. The Bertz CT molecular complexity index is 349. The van der Waals surface area contributed by atoms with Gasteiger partial charge in [-0.05, 0) is 0 Å². The molecule has 94 valence electrons. The van der Waals surface area contributed by atoms with Crippen molar-refractivity contribution < 1.29 is 4.92 Å². The molecular formula is C13H20N2O2. The molecule has 0 heterocycles. The van der Waals surface area contributed by atoms with Gasteiger partial charge in [0.15, 0.2) is 7.05 Å². The molecule has 0 aromatic heterocycles. The largest absolute Gasteiger partial charge is 0.306 e. The Balaban J connectivity index is 0. The molecule has 0 saturated carbocycles. The summed E-state index contributed by atoms with van der Waals surface area (Å²) in [5.41, 5.74) is 0.705. The van der Waals surface area contributed by atoms with Crippen LogP contribution in [-0.2, 0) is 5.54 Å². The van der Waals surface area contributed by atoms with Crippen LogP contribution >= 0.6 is 0 Å². The summed E-state index contributed by atoms with van der Waals surface area (Å²) in [7, 11) is 0.889. The lowest BCUT2D eigenvalue weighted by molar-refractivity contribution is -0.445. The van der Waals surface area contributed by atoms with Gasteiger partial charge in [-0.1, -0.05) is 44.2 Å². The topological polar surface area (TPSA) is 47.5 Å². The van der Waals surface area contributed by atoms with Crippen molar-refractivity contribution in [2.75, 3.05) is 7.05 Å². The molecule has 0 saturated heterocycles. The van der Waals surface area contributed by atoms with Crippen molar-refractivity contribution in [2.24, 2.45) is 0 Å². The van der Waals surface area contributed by atoms with Crippen LogP contribution in [0.3, 0.4) is 0 Å². The standard InChI is InChI=1S/C10H11N.C2H6.CH3NO2/c1-10(2,11-3)9-7-5-4-6-8-9;1-2;1-2(3)4/h4-8H,1-2H3;1-2H3;1H3. The number of benzene rings is 1. The van der Waals surface area contributed by atoms with Crippen molar-refractivity contribution in [1.29, 1.82) is 0 Å². The van der Waals surface area contributed by atoms with Crippen molar-refractivity contribution >= 4 is 0 Å². The van der Waals surface area contributed by atoms with Gasteiger partial charge in [-0.15, -0.1) is 0 Å². The lowest BCUT2D eigenvalue weighted by Gasteiger charge is -2.10. The summed E-state index contributed by atoms with van der Waals surface area (Å²) in [6, 6.07) is 9.85. The van der Waals surface area contributed by atoms with Crippen LogP contribution in [0.5, 0.6) is 0 Å². The summed E-state index contributed by atoms with van der Waals surface area (Å²) in [6.07, 6.45) is 0. The highest BCUT2D eigenvalue weighted by molar-refractivity contribution is 5.25. The molecule has 0 unspecified atom stereocenters. The van der Waals surface area contributed by atoms with Gasteiger partial charge in [0.1, 0.15) is 0 Å². The van der Waals surface area contributed by atoms with Gasteiger partial charge in [-0.25, -0.2) is 6.57 Å². The molecule has 0 aliphatic rings. The SMILES string of the molecule is CC.C[N+](=O)[O-].[C-]#[N+]C(C)(C)c1ccccc1. The Labute approximate surface area is 103 Å². The summed E-state index contributed by atoms with van der Waals surface area (Å²) in [6.45, 7) is 14.8. The molecule has 0 N–H and O–H groups in total. The smallest absolute Gasteiger partial charge is 0.252 e. The van der Waals surface area contributed by atoms with E-state index in [2.05, 4.69) is 4.85 Å². The Morgan fingerprint density at radius 2 is 1.59 bits per heavy atom. The maximum absolute atomic E-state index is 8.81. The van der Waals surface area contributed by atoms with E-state index < -0.39 is 4.92 Å². The normalized spacial score (nSPS) is 8.71. The molecule has 0 bridgehead atoms. The third-order valence-electron chi connectivity index (χ3n) is 1.76. The molecule has 17 heavy (non-hydrogen) atoms. The second kappa shape index (κ2) is 9.34. The van der Waals surface area contributed by atoms with E-state index in [9.17, 15) is 0 Å². The Kier molecular flexibility index (Phi) is 9.62. The van der Waals surface area contributed by atoms with Crippen molar-refractivity contribution in [1.82, 2.24) is 0 Å². The number of rotatable bonds is 1. The van der Waals surface area contributed by atoms with E-state index in [1.807, 2.05) is 58.0 Å². The first-order chi connectivity index (χ1) is 7.90. The molecule has 0 aliphatic heterocycles. The van der Waals surface area contributed by atoms with Gasteiger partial charge in [-0.2, -0.15) is 0 Å². The zero-order valence-electron chi connectivity index (χ0n) is 11.1. The zero-order chi connectivity index (χ0) is 13.9. The van der Waals surface area contributed by atoms with Crippen LogP contribution < -0.4 is 0 Å². The van der Waals surface area contributed by atoms with Gasteiger partial charge < -0.3 is 4.85 Å². The van der Waals surface area contributed by atoms with Crippen molar-refractivity contribution in [3.8, 4) is 0 Å². The van der Waals surface area contributed by atoms with Gasteiger partial charge in [0.25, 0.3) is 5.54 Å². The third-order valence-corrected chi connectivity index (χ3v) is 1.76. The minimum atomic E-state index is -0.500. The van der Waals surface area contributed by atoms with E-state index >= 15 is 0 Å². The van der Waals surface area contributed by atoms with Crippen molar-refractivity contribution in [3.05, 3.63) is 57.4 Å². The molecular weight excluding hydrogens is 216 g/mol. The van der Waals surface area contributed by atoms with E-state index in [1.165, 1.54) is 0 Å². The van der Waals surface area contributed by atoms with E-state index in [0.29, 0.717) is 0 Å². The molecule has 0 spiro atoms. The van der Waals surface area contributed by atoms with Crippen LogP contribution in [-0.4, -0.2) is 12.0 Å². The quantitative estimate of drug-likeness (QED) is 0.423. The summed E-state index contributed by atoms with van der Waals surface area (Å²) in [4.78, 5) is 11.8. The predicted octanol–water partition coefficient (Wildman–Crippen LogP) is 3.76. The van der Waals surface area contributed by atoms with Crippen molar-refractivity contribution in [3.63, 3.8) is 0 Å². The summed E-state index contributed by atoms with van der Waals surface area (Å²) in [5.74, 6) is 0. The minimum Gasteiger partial charge on any atom is -0.306 e. The molecule has 0 amide bonds. The van der Waals surface area contributed by atoms with Gasteiger partial charge in [0.2, 0.25) is 0 Å². The van der Waals surface area contributed by atoms with Gasteiger partial charge in [0, 0.05) is 24.3 Å². The second-order valence-corrected chi connectivity index (χ2v) is 3.48. The lowest BCUT2D eigenvalue weighted by Crippen LogP contribution is -2.10. The third kappa shape index (κ3) is 9.06. The lowest BCUT2D eigenvalue weighted by atomic mass is 9.96. The van der Waals surface area contributed by atoms with E-state index in [-0.39, 0.29) is 5.54 Å². The monoisotopic (exact) mass is 236 g/mol. The first kappa shape index (κ1) is 17.5. The number of nitrogens with zero attached hydrogens (tertiary/aromatic N) is 2. The highest BCUT2D eigenvalue weighted by Crippen LogP contribution is 2.23. The Morgan fingerprint density at radius 1 is 1.24 bits per heavy atom. The molecule has 0 fully saturated rings. The molecule has 1 rings (SSSR count). The predicted molar refractivity (Wildman–Crippen MR) is 70.3 cm³/mol. The number of nitro groups is 1. The first-order valence-corrected chi connectivity index (χ1v) is 5.42. The van der Waals surface area contributed by atoms with Crippen LogP contribution in [0.15, 0.2) is 30.3 Å². The highest BCUT2D eigenvalue weighted by atomic mass is 16.6. The average molecular weight is 236 g/mol. The minimum absolute atomic E-state index is 0.374. The van der Waals surface area contributed by atoms with E-state index in [0.717, 1.165) is 12.6 Å². The summed E-state index contributed by atoms with van der Waals surface area (Å²) >= 11 is 0. The summed E-state index contributed by atoms with van der Waals surface area (Å²) < 4.78 is 0. The maximum atomic E-state index is 8.81. The average Bonchev–Trinajstić information content (AvgIpc) is 2.32. The van der Waals surface area contributed by atoms with E-state index in [4.69, 9.17) is 16.7 Å². The van der Waals surface area contributed by atoms with E-state index in [1.54, 1.807) is 0 Å². The summed E-state index contributed by atoms with van der Waals surface area (Å²) in [5, 5.41) is 8.81. The number of hydrogen-bond donors (Lipinski definition) is 0. The Morgan fingerprint density at radius 3 is 1.88 bits per heavy atom. The van der Waals surface area contributed by atoms with Gasteiger partial charge >= 0.3 is 0 Å². The van der Waals surface area contributed by atoms with Crippen molar-refractivity contribution in [2.45, 2.75) is 33.2 Å². The molecule has 4 nitrogen and oxygen atoms in total. The van der Waals surface area contributed by atoms with Gasteiger partial charge in [0.05, 0.1) is 0 Å². The first-order valence-electron chi connectivity index (χ1n) is 5.42. The molecule has 0 radical (unpaired) electrons. The highest BCUT2D eigenvalue weighted by Gasteiger charge is 2.24. The fourth-order valence-electron chi connectivity index (χ4n) is 0.911. The molecule has 0 aliphatic carbocycles. The Hall–Kier alpha value is -1.89. The molecule has 0 atom stereocenters.